The summed E-state index contributed by atoms with van der Waals surface area (Å²) in [6.07, 6.45) is 1.50. The summed E-state index contributed by atoms with van der Waals surface area (Å²) < 4.78 is 6.34. The molecule has 0 unspecified atom stereocenters. The highest BCUT2D eigenvalue weighted by Gasteiger charge is 2.13. The van der Waals surface area contributed by atoms with Crippen LogP contribution in [0.4, 0.5) is 11.9 Å². The SMILES string of the molecule is CCOC(=O)CSc1ncn(-c2nc(NC(C)C)nc(NC(C)C)n2)n1. The first kappa shape index (κ1) is 19.9. The molecule has 0 aliphatic carbocycles. The molecule has 0 atom stereocenters. The average Bonchev–Trinajstić information content (AvgIpc) is 3.00. The lowest BCUT2D eigenvalue weighted by atomic mass is 10.4. The van der Waals surface area contributed by atoms with Crippen molar-refractivity contribution in [1.82, 2.24) is 29.7 Å². The standard InChI is InChI=1S/C15H24N8O2S/c1-6-25-11(24)7-26-15-16-8-23(22-15)14-20-12(17-9(2)3)19-13(21-14)18-10(4)5/h8-10H,6-7H2,1-5H3,(H2,17,18,19,20,21). The van der Waals surface area contributed by atoms with Crippen molar-refractivity contribution in [3.05, 3.63) is 6.33 Å². The van der Waals surface area contributed by atoms with Crippen LogP contribution in [0.5, 0.6) is 0 Å². The maximum absolute atomic E-state index is 11.4. The van der Waals surface area contributed by atoms with E-state index >= 15 is 0 Å². The zero-order valence-corrected chi connectivity index (χ0v) is 16.4. The van der Waals surface area contributed by atoms with E-state index in [4.69, 9.17) is 4.74 Å². The fourth-order valence-corrected chi connectivity index (χ4v) is 2.45. The van der Waals surface area contributed by atoms with Crippen LogP contribution in [0, 0.1) is 0 Å². The number of ether oxygens (including phenoxy) is 1. The molecule has 0 aromatic carbocycles. The zero-order chi connectivity index (χ0) is 19.1. The summed E-state index contributed by atoms with van der Waals surface area (Å²) in [6.45, 7) is 10.1. The van der Waals surface area contributed by atoms with Gasteiger partial charge in [-0.3, -0.25) is 4.79 Å². The van der Waals surface area contributed by atoms with Gasteiger partial charge in [-0.15, -0.1) is 5.10 Å². The Morgan fingerprint density at radius 2 is 1.77 bits per heavy atom. The zero-order valence-electron chi connectivity index (χ0n) is 15.6. The second-order valence-corrected chi connectivity index (χ2v) is 6.89. The molecule has 0 bridgehead atoms. The molecule has 0 radical (unpaired) electrons. The first-order valence-corrected chi connectivity index (χ1v) is 9.35. The van der Waals surface area contributed by atoms with Crippen molar-refractivity contribution in [1.29, 1.82) is 0 Å². The Morgan fingerprint density at radius 1 is 1.15 bits per heavy atom. The van der Waals surface area contributed by atoms with Crippen LogP contribution in [0.3, 0.4) is 0 Å². The molecule has 0 saturated carbocycles. The summed E-state index contributed by atoms with van der Waals surface area (Å²) in [5.41, 5.74) is 0. The molecular weight excluding hydrogens is 356 g/mol. The number of aromatic nitrogens is 6. The number of carbonyl (C=O) groups excluding carboxylic acids is 1. The minimum Gasteiger partial charge on any atom is -0.465 e. The maximum Gasteiger partial charge on any atom is 0.316 e. The number of thioether (sulfide) groups is 1. The topological polar surface area (TPSA) is 120 Å². The van der Waals surface area contributed by atoms with E-state index in [9.17, 15) is 4.79 Å². The Kier molecular flexibility index (Phi) is 7.13. The predicted molar refractivity (Wildman–Crippen MR) is 99.6 cm³/mol. The molecule has 0 saturated heterocycles. The van der Waals surface area contributed by atoms with E-state index in [1.165, 1.54) is 22.8 Å². The van der Waals surface area contributed by atoms with Crippen molar-refractivity contribution >= 4 is 29.6 Å². The van der Waals surface area contributed by atoms with Gasteiger partial charge in [0.1, 0.15) is 6.33 Å². The van der Waals surface area contributed by atoms with Crippen LogP contribution in [-0.2, 0) is 9.53 Å². The molecule has 0 aliphatic heterocycles. The number of esters is 1. The monoisotopic (exact) mass is 380 g/mol. The first-order valence-electron chi connectivity index (χ1n) is 8.37. The number of hydrogen-bond acceptors (Lipinski definition) is 10. The number of hydrogen-bond donors (Lipinski definition) is 2. The predicted octanol–water partition coefficient (Wildman–Crippen LogP) is 1.75. The van der Waals surface area contributed by atoms with Gasteiger partial charge in [0, 0.05) is 12.1 Å². The molecule has 2 aromatic rings. The van der Waals surface area contributed by atoms with Crippen LogP contribution in [0.1, 0.15) is 34.6 Å². The third kappa shape index (κ3) is 6.14. The van der Waals surface area contributed by atoms with E-state index in [2.05, 4.69) is 35.7 Å². The van der Waals surface area contributed by atoms with Crippen LogP contribution < -0.4 is 10.6 Å². The van der Waals surface area contributed by atoms with Crippen LogP contribution >= 0.6 is 11.8 Å². The molecule has 0 amide bonds. The van der Waals surface area contributed by atoms with Crippen molar-refractivity contribution in [2.24, 2.45) is 0 Å². The van der Waals surface area contributed by atoms with Crippen LogP contribution in [-0.4, -0.2) is 60.1 Å². The fraction of sp³-hybridized carbons (Fsp3) is 0.600. The van der Waals surface area contributed by atoms with Crippen molar-refractivity contribution in [3.63, 3.8) is 0 Å². The molecule has 11 heteroatoms. The highest BCUT2D eigenvalue weighted by atomic mass is 32.2. The number of rotatable bonds is 9. The van der Waals surface area contributed by atoms with E-state index in [1.807, 2.05) is 27.7 Å². The Labute approximate surface area is 156 Å². The molecule has 2 aromatic heterocycles. The molecule has 2 heterocycles. The third-order valence-corrected chi connectivity index (χ3v) is 3.58. The van der Waals surface area contributed by atoms with Crippen molar-refractivity contribution in [3.8, 4) is 5.95 Å². The Hall–Kier alpha value is -2.43. The largest absolute Gasteiger partial charge is 0.465 e. The van der Waals surface area contributed by atoms with E-state index in [1.54, 1.807) is 6.92 Å². The van der Waals surface area contributed by atoms with E-state index in [0.717, 1.165) is 0 Å². The Balaban J connectivity index is 2.19. The minimum atomic E-state index is -0.305. The Morgan fingerprint density at radius 3 is 2.31 bits per heavy atom. The number of carbonyl (C=O) groups is 1. The molecule has 2 rings (SSSR count). The molecule has 26 heavy (non-hydrogen) atoms. The Bertz CT molecular complexity index is 706. The molecule has 0 fully saturated rings. The van der Waals surface area contributed by atoms with Gasteiger partial charge < -0.3 is 15.4 Å². The van der Waals surface area contributed by atoms with Gasteiger partial charge in [-0.1, -0.05) is 11.8 Å². The quantitative estimate of drug-likeness (QED) is 0.491. The summed E-state index contributed by atoms with van der Waals surface area (Å²) in [5, 5.41) is 11.1. The van der Waals surface area contributed by atoms with Gasteiger partial charge in [0.2, 0.25) is 17.1 Å². The molecule has 142 valence electrons. The summed E-state index contributed by atoms with van der Waals surface area (Å²) in [7, 11) is 0. The number of nitrogens with zero attached hydrogens (tertiary/aromatic N) is 6. The molecular formula is C15H24N8O2S. The summed E-state index contributed by atoms with van der Waals surface area (Å²) >= 11 is 1.19. The van der Waals surface area contributed by atoms with Gasteiger partial charge >= 0.3 is 5.97 Å². The molecule has 10 nitrogen and oxygen atoms in total. The smallest absolute Gasteiger partial charge is 0.316 e. The molecule has 0 aliphatic rings. The van der Waals surface area contributed by atoms with Gasteiger partial charge in [-0.2, -0.15) is 19.6 Å². The molecule has 2 N–H and O–H groups in total. The normalized spacial score (nSPS) is 11.0. The second kappa shape index (κ2) is 9.32. The lowest BCUT2D eigenvalue weighted by molar-refractivity contribution is -0.139. The van der Waals surface area contributed by atoms with Crippen molar-refractivity contribution < 1.29 is 9.53 Å². The average molecular weight is 380 g/mol. The minimum absolute atomic E-state index is 0.148. The van der Waals surface area contributed by atoms with Crippen LogP contribution in [0.15, 0.2) is 11.5 Å². The van der Waals surface area contributed by atoms with Gasteiger partial charge in [0.05, 0.1) is 12.4 Å². The third-order valence-electron chi connectivity index (χ3n) is 2.76. The molecule has 0 spiro atoms. The van der Waals surface area contributed by atoms with Gasteiger partial charge in [-0.05, 0) is 34.6 Å². The maximum atomic E-state index is 11.4. The van der Waals surface area contributed by atoms with Crippen LogP contribution in [0.25, 0.3) is 5.95 Å². The summed E-state index contributed by atoms with van der Waals surface area (Å²) in [6, 6.07) is 0.340. The number of nitrogens with one attached hydrogen (secondary N) is 2. The van der Waals surface area contributed by atoms with E-state index in [-0.39, 0.29) is 23.8 Å². The van der Waals surface area contributed by atoms with Crippen molar-refractivity contribution in [2.75, 3.05) is 23.0 Å². The first-order chi connectivity index (χ1) is 12.4. The fourth-order valence-electron chi connectivity index (χ4n) is 1.85. The summed E-state index contributed by atoms with van der Waals surface area (Å²) in [5.74, 6) is 1.08. The highest BCUT2D eigenvalue weighted by Crippen LogP contribution is 2.15. The van der Waals surface area contributed by atoms with Gasteiger partial charge in [0.25, 0.3) is 5.95 Å². The highest BCUT2D eigenvalue weighted by molar-refractivity contribution is 7.99. The van der Waals surface area contributed by atoms with Gasteiger partial charge in [-0.25, -0.2) is 4.98 Å². The lowest BCUT2D eigenvalue weighted by Crippen LogP contribution is -2.19. The van der Waals surface area contributed by atoms with E-state index < -0.39 is 0 Å². The second-order valence-electron chi connectivity index (χ2n) is 5.95. The van der Waals surface area contributed by atoms with Crippen LogP contribution in [0.2, 0.25) is 0 Å². The number of anilines is 2. The van der Waals surface area contributed by atoms with Gasteiger partial charge in [0.15, 0.2) is 0 Å². The summed E-state index contributed by atoms with van der Waals surface area (Å²) in [4.78, 5) is 28.7. The lowest BCUT2D eigenvalue weighted by Gasteiger charge is -2.13. The van der Waals surface area contributed by atoms with Crippen molar-refractivity contribution in [2.45, 2.75) is 51.9 Å². The van der Waals surface area contributed by atoms with E-state index in [0.29, 0.717) is 29.6 Å².